The van der Waals surface area contributed by atoms with Crippen molar-refractivity contribution in [1.29, 1.82) is 0 Å². The van der Waals surface area contributed by atoms with Gasteiger partial charge in [0.05, 0.1) is 6.04 Å². The molecule has 3 rings (SSSR count). The highest BCUT2D eigenvalue weighted by Crippen LogP contribution is 2.34. The van der Waals surface area contributed by atoms with Crippen molar-refractivity contribution in [3.8, 4) is 0 Å². The fraction of sp³-hybridized carbons (Fsp3) is 0.882. The smallest absolute Gasteiger partial charge is 0.237 e. The lowest BCUT2D eigenvalue weighted by molar-refractivity contribution is -0.129. The van der Waals surface area contributed by atoms with Crippen LogP contribution in [0.25, 0.3) is 0 Å². The lowest BCUT2D eigenvalue weighted by Crippen LogP contribution is -2.51. The average molecular weight is 292 g/mol. The molecule has 3 atom stereocenters. The lowest BCUT2D eigenvalue weighted by atomic mass is 9.94. The molecule has 1 saturated heterocycles. The van der Waals surface area contributed by atoms with E-state index in [2.05, 4.69) is 10.2 Å². The van der Waals surface area contributed by atoms with E-state index < -0.39 is 0 Å². The molecule has 0 radical (unpaired) electrons. The maximum atomic E-state index is 12.5. The fourth-order valence-electron chi connectivity index (χ4n) is 4.52. The van der Waals surface area contributed by atoms with Crippen molar-refractivity contribution in [2.24, 2.45) is 5.92 Å². The first-order valence-electron chi connectivity index (χ1n) is 8.75. The molecule has 0 spiro atoms. The molecular weight excluding hydrogens is 264 g/mol. The van der Waals surface area contributed by atoms with Gasteiger partial charge >= 0.3 is 0 Å². The predicted octanol–water partition coefficient (Wildman–Crippen LogP) is 2.27. The van der Waals surface area contributed by atoms with Gasteiger partial charge in [0.2, 0.25) is 5.91 Å². The van der Waals surface area contributed by atoms with Crippen LogP contribution in [0.15, 0.2) is 0 Å². The van der Waals surface area contributed by atoms with Crippen molar-refractivity contribution < 1.29 is 9.59 Å². The topological polar surface area (TPSA) is 49.4 Å². The molecule has 118 valence electrons. The molecule has 1 aliphatic heterocycles. The maximum absolute atomic E-state index is 12.5. The molecule has 1 amide bonds. The SMILES string of the molecule is CC(C(=O)NC1CCCC1)N1CCCC1C1CCCC1=O. The Bertz CT molecular complexity index is 404. The van der Waals surface area contributed by atoms with Crippen LogP contribution >= 0.6 is 0 Å². The van der Waals surface area contributed by atoms with E-state index in [1.165, 1.54) is 12.8 Å². The van der Waals surface area contributed by atoms with Gasteiger partial charge in [-0.15, -0.1) is 0 Å². The zero-order chi connectivity index (χ0) is 14.8. The number of likely N-dealkylation sites (tertiary alicyclic amines) is 1. The Kier molecular flexibility index (Phi) is 4.63. The standard InChI is InChI=1S/C17H28N2O2/c1-12(17(21)18-13-6-2-3-7-13)19-11-5-9-15(19)14-8-4-10-16(14)20/h12-15H,2-11H2,1H3,(H,18,21). The first-order chi connectivity index (χ1) is 10.2. The highest BCUT2D eigenvalue weighted by atomic mass is 16.2. The van der Waals surface area contributed by atoms with Crippen molar-refractivity contribution >= 4 is 11.7 Å². The highest BCUT2D eigenvalue weighted by Gasteiger charge is 2.41. The largest absolute Gasteiger partial charge is 0.352 e. The van der Waals surface area contributed by atoms with Crippen LogP contribution in [0.1, 0.15) is 64.7 Å². The van der Waals surface area contributed by atoms with Gasteiger partial charge in [-0.3, -0.25) is 14.5 Å². The van der Waals surface area contributed by atoms with Crippen LogP contribution in [-0.2, 0) is 9.59 Å². The maximum Gasteiger partial charge on any atom is 0.237 e. The number of hydrogen-bond acceptors (Lipinski definition) is 3. The number of nitrogens with zero attached hydrogens (tertiary/aromatic N) is 1. The molecule has 0 aromatic rings. The summed E-state index contributed by atoms with van der Waals surface area (Å²) in [6, 6.07) is 0.602. The van der Waals surface area contributed by atoms with E-state index in [9.17, 15) is 9.59 Å². The van der Waals surface area contributed by atoms with E-state index in [1.54, 1.807) is 0 Å². The predicted molar refractivity (Wildman–Crippen MR) is 81.9 cm³/mol. The number of carbonyl (C=O) groups excluding carboxylic acids is 2. The normalized spacial score (nSPS) is 32.7. The van der Waals surface area contributed by atoms with Gasteiger partial charge in [0.15, 0.2) is 0 Å². The molecule has 2 aliphatic carbocycles. The van der Waals surface area contributed by atoms with Gasteiger partial charge in [-0.05, 0) is 52.0 Å². The molecular formula is C17H28N2O2. The molecule has 4 heteroatoms. The summed E-state index contributed by atoms with van der Waals surface area (Å²) in [6.45, 7) is 2.98. The first-order valence-corrected chi connectivity index (χ1v) is 8.75. The second kappa shape index (κ2) is 6.47. The summed E-state index contributed by atoms with van der Waals surface area (Å²) < 4.78 is 0. The third-order valence-electron chi connectivity index (χ3n) is 5.74. The summed E-state index contributed by atoms with van der Waals surface area (Å²) in [5.74, 6) is 0.781. The third-order valence-corrected chi connectivity index (χ3v) is 5.74. The Morgan fingerprint density at radius 3 is 2.57 bits per heavy atom. The zero-order valence-electron chi connectivity index (χ0n) is 13.1. The summed E-state index contributed by atoms with van der Waals surface area (Å²) >= 11 is 0. The number of hydrogen-bond donors (Lipinski definition) is 1. The van der Waals surface area contributed by atoms with E-state index in [0.29, 0.717) is 17.9 Å². The van der Waals surface area contributed by atoms with E-state index >= 15 is 0 Å². The van der Waals surface area contributed by atoms with Crippen molar-refractivity contribution in [3.63, 3.8) is 0 Å². The summed E-state index contributed by atoms with van der Waals surface area (Å²) in [4.78, 5) is 26.8. The third kappa shape index (κ3) is 3.15. The minimum atomic E-state index is -0.0912. The van der Waals surface area contributed by atoms with Crippen LogP contribution < -0.4 is 5.32 Å². The second-order valence-corrected chi connectivity index (χ2v) is 7.08. The van der Waals surface area contributed by atoms with E-state index in [4.69, 9.17) is 0 Å². The van der Waals surface area contributed by atoms with Gasteiger partial charge in [0.1, 0.15) is 5.78 Å². The molecule has 0 bridgehead atoms. The number of amides is 1. The minimum absolute atomic E-state index is 0.0912. The van der Waals surface area contributed by atoms with Crippen molar-refractivity contribution in [1.82, 2.24) is 10.2 Å². The van der Waals surface area contributed by atoms with Crippen LogP contribution in [0, 0.1) is 5.92 Å². The Labute approximate surface area is 127 Å². The van der Waals surface area contributed by atoms with Crippen LogP contribution in [-0.4, -0.2) is 41.3 Å². The number of nitrogens with one attached hydrogen (secondary N) is 1. The first kappa shape index (κ1) is 15.0. The zero-order valence-corrected chi connectivity index (χ0v) is 13.1. The summed E-state index contributed by atoms with van der Waals surface area (Å²) in [5.41, 5.74) is 0. The Morgan fingerprint density at radius 2 is 1.90 bits per heavy atom. The molecule has 21 heavy (non-hydrogen) atoms. The van der Waals surface area contributed by atoms with Gasteiger partial charge in [-0.2, -0.15) is 0 Å². The van der Waals surface area contributed by atoms with Crippen molar-refractivity contribution in [2.45, 2.75) is 82.8 Å². The molecule has 4 nitrogen and oxygen atoms in total. The summed E-state index contributed by atoms with van der Waals surface area (Å²) in [7, 11) is 0. The number of ketones is 1. The molecule has 3 aliphatic rings. The van der Waals surface area contributed by atoms with Crippen LogP contribution in [0.5, 0.6) is 0 Å². The highest BCUT2D eigenvalue weighted by molar-refractivity contribution is 5.84. The molecule has 3 unspecified atom stereocenters. The summed E-state index contributed by atoms with van der Waals surface area (Å²) in [5, 5.41) is 3.21. The number of carbonyl (C=O) groups is 2. The van der Waals surface area contributed by atoms with Gasteiger partial charge < -0.3 is 5.32 Å². The minimum Gasteiger partial charge on any atom is -0.352 e. The van der Waals surface area contributed by atoms with Crippen molar-refractivity contribution in [3.05, 3.63) is 0 Å². The van der Waals surface area contributed by atoms with Gasteiger partial charge in [-0.1, -0.05) is 12.8 Å². The van der Waals surface area contributed by atoms with E-state index in [1.807, 2.05) is 6.92 Å². The quantitative estimate of drug-likeness (QED) is 0.864. The second-order valence-electron chi connectivity index (χ2n) is 7.08. The Morgan fingerprint density at radius 1 is 1.14 bits per heavy atom. The van der Waals surface area contributed by atoms with Gasteiger partial charge in [0.25, 0.3) is 0 Å². The van der Waals surface area contributed by atoms with Crippen molar-refractivity contribution in [2.75, 3.05) is 6.54 Å². The molecule has 0 aromatic carbocycles. The van der Waals surface area contributed by atoms with Crippen LogP contribution in [0.2, 0.25) is 0 Å². The fourth-order valence-corrected chi connectivity index (χ4v) is 4.52. The number of rotatable bonds is 4. The monoisotopic (exact) mass is 292 g/mol. The van der Waals surface area contributed by atoms with Crippen LogP contribution in [0.4, 0.5) is 0 Å². The molecule has 3 fully saturated rings. The summed E-state index contributed by atoms with van der Waals surface area (Å²) in [6.07, 6.45) is 9.74. The molecule has 1 N–H and O–H groups in total. The Balaban J connectivity index is 1.60. The van der Waals surface area contributed by atoms with Gasteiger partial charge in [-0.25, -0.2) is 0 Å². The molecule has 1 heterocycles. The molecule has 0 aromatic heterocycles. The van der Waals surface area contributed by atoms with E-state index in [0.717, 1.165) is 51.5 Å². The number of Topliss-reactive ketones (excluding diaryl/α,β-unsaturated/α-hetero) is 1. The Hall–Kier alpha value is -0.900. The van der Waals surface area contributed by atoms with Gasteiger partial charge in [0, 0.05) is 24.4 Å². The molecule has 2 saturated carbocycles. The average Bonchev–Trinajstić information content (AvgIpc) is 3.18. The van der Waals surface area contributed by atoms with E-state index in [-0.39, 0.29) is 17.9 Å². The lowest BCUT2D eigenvalue weighted by Gasteiger charge is -2.33. The van der Waals surface area contributed by atoms with Crippen LogP contribution in [0.3, 0.4) is 0 Å².